The van der Waals surface area contributed by atoms with Crippen molar-refractivity contribution < 1.29 is 14.2 Å². The highest BCUT2D eigenvalue weighted by Crippen LogP contribution is 2.35. The first-order valence-corrected chi connectivity index (χ1v) is 6.73. The first-order chi connectivity index (χ1) is 9.99. The Labute approximate surface area is 131 Å². The molecule has 1 aromatic heterocycles. The number of aliphatic hydroxyl groups excluding tert-OH is 1. The second kappa shape index (κ2) is 6.43. The second-order valence-electron chi connectivity index (χ2n) is 4.22. The number of aromatic nitrogens is 1. The Morgan fingerprint density at radius 3 is 2.76 bits per heavy atom. The first-order valence-electron chi connectivity index (χ1n) is 5.97. The molecule has 0 amide bonds. The Morgan fingerprint density at radius 1 is 1.43 bits per heavy atom. The molecule has 0 aliphatic heterocycles. The molecule has 0 bridgehead atoms. The minimum absolute atomic E-state index is 0.00955. The van der Waals surface area contributed by atoms with E-state index in [0.717, 1.165) is 0 Å². The van der Waals surface area contributed by atoms with E-state index < -0.39 is 11.9 Å². The molecule has 1 N–H and O–H groups in total. The third-order valence-corrected chi connectivity index (χ3v) is 3.54. The van der Waals surface area contributed by atoms with Crippen LogP contribution in [0.3, 0.4) is 0 Å². The molecule has 21 heavy (non-hydrogen) atoms. The summed E-state index contributed by atoms with van der Waals surface area (Å²) in [5.74, 6) is -0.667. The normalized spacial score (nSPS) is 12.0. The molecule has 0 spiro atoms. The Hall–Kier alpha value is -1.62. The maximum absolute atomic E-state index is 14.5. The summed E-state index contributed by atoms with van der Waals surface area (Å²) in [5.41, 5.74) is 0.645. The average molecular weight is 328 g/mol. The molecule has 1 atom stereocenters. The Kier molecular flexibility index (Phi) is 4.83. The van der Waals surface area contributed by atoms with Crippen LogP contribution in [0.1, 0.15) is 22.8 Å². The van der Waals surface area contributed by atoms with Crippen molar-refractivity contribution in [2.75, 3.05) is 7.11 Å². The quantitative estimate of drug-likeness (QED) is 0.853. The predicted octanol–water partition coefficient (Wildman–Crippen LogP) is 4.26. The lowest BCUT2D eigenvalue weighted by Gasteiger charge is -2.17. The van der Waals surface area contributed by atoms with Crippen molar-refractivity contribution in [2.45, 2.75) is 6.10 Å². The third-order valence-electron chi connectivity index (χ3n) is 3.02. The molecule has 3 nitrogen and oxygen atoms in total. The zero-order chi connectivity index (χ0) is 15.6. The number of ether oxygens (including phenoxy) is 1. The molecular formula is C15H12Cl2FNO2. The van der Waals surface area contributed by atoms with E-state index in [2.05, 4.69) is 11.6 Å². The second-order valence-corrected chi connectivity index (χ2v) is 5.02. The van der Waals surface area contributed by atoms with Gasteiger partial charge in [0.2, 0.25) is 0 Å². The lowest BCUT2D eigenvalue weighted by atomic mass is 9.96. The molecule has 1 heterocycles. The van der Waals surface area contributed by atoms with Crippen LogP contribution >= 0.6 is 23.2 Å². The number of pyridine rings is 1. The zero-order valence-electron chi connectivity index (χ0n) is 11.1. The summed E-state index contributed by atoms with van der Waals surface area (Å²) in [6, 6.07) is 4.49. The highest BCUT2D eigenvalue weighted by Gasteiger charge is 2.24. The van der Waals surface area contributed by atoms with Crippen molar-refractivity contribution in [1.82, 2.24) is 4.98 Å². The summed E-state index contributed by atoms with van der Waals surface area (Å²) in [6.45, 7) is 3.61. The Balaban J connectivity index is 2.64. The van der Waals surface area contributed by atoms with Crippen LogP contribution < -0.4 is 4.74 Å². The monoisotopic (exact) mass is 327 g/mol. The minimum Gasteiger partial charge on any atom is -0.494 e. The van der Waals surface area contributed by atoms with Crippen molar-refractivity contribution in [3.05, 3.63) is 63.7 Å². The SMILES string of the molecule is C=Cc1ccc(OC)c(F)c1C(O)c1cc(Cl)cnc1Cl. The fourth-order valence-corrected chi connectivity index (χ4v) is 2.36. The molecular weight excluding hydrogens is 316 g/mol. The van der Waals surface area contributed by atoms with Gasteiger partial charge in [-0.05, 0) is 17.7 Å². The number of aliphatic hydroxyl groups is 1. The van der Waals surface area contributed by atoms with E-state index in [4.69, 9.17) is 27.9 Å². The summed E-state index contributed by atoms with van der Waals surface area (Å²) >= 11 is 11.8. The lowest BCUT2D eigenvalue weighted by Crippen LogP contribution is -2.08. The third kappa shape index (κ3) is 3.02. The van der Waals surface area contributed by atoms with Crippen LogP contribution in [0, 0.1) is 5.82 Å². The fourth-order valence-electron chi connectivity index (χ4n) is 1.99. The summed E-state index contributed by atoms with van der Waals surface area (Å²) in [5, 5.41) is 10.8. The maximum Gasteiger partial charge on any atom is 0.171 e. The van der Waals surface area contributed by atoms with E-state index in [1.165, 1.54) is 31.5 Å². The van der Waals surface area contributed by atoms with Crippen molar-refractivity contribution >= 4 is 29.3 Å². The van der Waals surface area contributed by atoms with Crippen molar-refractivity contribution in [1.29, 1.82) is 0 Å². The smallest absolute Gasteiger partial charge is 0.171 e. The van der Waals surface area contributed by atoms with E-state index in [0.29, 0.717) is 5.56 Å². The van der Waals surface area contributed by atoms with Crippen LogP contribution in [0.15, 0.2) is 31.0 Å². The lowest BCUT2D eigenvalue weighted by molar-refractivity contribution is 0.212. The standard InChI is InChI=1S/C15H12Cl2FNO2/c1-3-8-4-5-11(21-2)13(18)12(8)14(20)10-6-9(16)7-19-15(10)17/h3-7,14,20H,1H2,2H3. The van der Waals surface area contributed by atoms with Crippen LogP contribution in [0.2, 0.25) is 10.2 Å². The van der Waals surface area contributed by atoms with Crippen LogP contribution in [-0.4, -0.2) is 17.2 Å². The molecule has 0 fully saturated rings. The molecule has 0 saturated carbocycles. The van der Waals surface area contributed by atoms with E-state index >= 15 is 0 Å². The minimum atomic E-state index is -1.34. The molecule has 0 aliphatic rings. The van der Waals surface area contributed by atoms with E-state index in [1.807, 2.05) is 0 Å². The van der Waals surface area contributed by atoms with Gasteiger partial charge in [-0.25, -0.2) is 9.37 Å². The summed E-state index contributed by atoms with van der Waals surface area (Å²) < 4.78 is 19.4. The number of benzene rings is 1. The predicted molar refractivity (Wildman–Crippen MR) is 81.4 cm³/mol. The molecule has 2 rings (SSSR count). The van der Waals surface area contributed by atoms with Gasteiger partial charge in [-0.15, -0.1) is 0 Å². The van der Waals surface area contributed by atoms with Gasteiger partial charge in [-0.1, -0.05) is 41.9 Å². The Bertz CT molecular complexity index is 692. The molecule has 0 saturated heterocycles. The van der Waals surface area contributed by atoms with Crippen LogP contribution in [0.5, 0.6) is 5.75 Å². The summed E-state index contributed by atoms with van der Waals surface area (Å²) in [4.78, 5) is 3.85. The van der Waals surface area contributed by atoms with Gasteiger partial charge in [0, 0.05) is 17.3 Å². The van der Waals surface area contributed by atoms with Crippen LogP contribution in [0.4, 0.5) is 4.39 Å². The van der Waals surface area contributed by atoms with Gasteiger partial charge in [0.15, 0.2) is 11.6 Å². The highest BCUT2D eigenvalue weighted by molar-refractivity contribution is 6.32. The van der Waals surface area contributed by atoms with Gasteiger partial charge in [-0.3, -0.25) is 0 Å². The first kappa shape index (κ1) is 15.8. The average Bonchev–Trinajstić information content (AvgIpc) is 2.48. The van der Waals surface area contributed by atoms with E-state index in [1.54, 1.807) is 6.07 Å². The number of nitrogens with zero attached hydrogens (tertiary/aromatic N) is 1. The Morgan fingerprint density at radius 2 is 2.14 bits per heavy atom. The molecule has 1 unspecified atom stereocenters. The molecule has 1 aromatic carbocycles. The van der Waals surface area contributed by atoms with Crippen LogP contribution in [0.25, 0.3) is 6.08 Å². The number of methoxy groups -OCH3 is 1. The number of rotatable bonds is 4. The highest BCUT2D eigenvalue weighted by atomic mass is 35.5. The van der Waals surface area contributed by atoms with E-state index in [-0.39, 0.29) is 27.1 Å². The fraction of sp³-hybridized carbons (Fsp3) is 0.133. The van der Waals surface area contributed by atoms with Gasteiger partial charge < -0.3 is 9.84 Å². The van der Waals surface area contributed by atoms with E-state index in [9.17, 15) is 9.50 Å². The summed E-state index contributed by atoms with van der Waals surface area (Å²) in [6.07, 6.45) is 1.44. The van der Waals surface area contributed by atoms with Gasteiger partial charge >= 0.3 is 0 Å². The molecule has 0 aliphatic carbocycles. The molecule has 2 aromatic rings. The van der Waals surface area contributed by atoms with Crippen molar-refractivity contribution in [3.63, 3.8) is 0 Å². The summed E-state index contributed by atoms with van der Waals surface area (Å²) in [7, 11) is 1.34. The zero-order valence-corrected chi connectivity index (χ0v) is 12.6. The number of hydrogen-bond donors (Lipinski definition) is 1. The van der Waals surface area contributed by atoms with Crippen LogP contribution in [-0.2, 0) is 0 Å². The number of hydrogen-bond acceptors (Lipinski definition) is 3. The molecule has 110 valence electrons. The van der Waals surface area contributed by atoms with Gasteiger partial charge in [0.05, 0.1) is 12.1 Å². The molecule has 6 heteroatoms. The topological polar surface area (TPSA) is 42.4 Å². The largest absolute Gasteiger partial charge is 0.494 e. The van der Waals surface area contributed by atoms with Gasteiger partial charge in [-0.2, -0.15) is 0 Å². The maximum atomic E-state index is 14.5. The number of halogens is 3. The van der Waals surface area contributed by atoms with Gasteiger partial charge in [0.1, 0.15) is 11.3 Å². The van der Waals surface area contributed by atoms with Crippen molar-refractivity contribution in [3.8, 4) is 5.75 Å². The van der Waals surface area contributed by atoms with Gasteiger partial charge in [0.25, 0.3) is 0 Å². The molecule has 0 radical (unpaired) electrons. The van der Waals surface area contributed by atoms with Crippen molar-refractivity contribution in [2.24, 2.45) is 0 Å².